The fourth-order valence-electron chi connectivity index (χ4n) is 10.0. The number of aliphatic hydroxyl groups is 4. The molecule has 0 aromatic carbocycles. The van der Waals surface area contributed by atoms with Gasteiger partial charge in [0.1, 0.15) is 29.0 Å². The molecule has 16 nitrogen and oxygen atoms in total. The number of carbonyl (C=O) groups is 1. The molecule has 4 aliphatic heterocycles. The quantitative estimate of drug-likeness (QED) is 0.131. The van der Waals surface area contributed by atoms with Crippen molar-refractivity contribution in [2.75, 3.05) is 33.8 Å². The fraction of sp³-hybridized carbons (Fsp3) is 0.955. The Bertz CT molecular complexity index is 1450. The van der Waals surface area contributed by atoms with Gasteiger partial charge in [0.15, 0.2) is 18.7 Å². The van der Waals surface area contributed by atoms with Gasteiger partial charge >= 0.3 is 5.97 Å². The van der Waals surface area contributed by atoms with E-state index in [0.717, 1.165) is 19.3 Å². The number of likely N-dealkylation sites (N-methyl/N-ethyl adjacent to an activating group) is 1. The lowest BCUT2D eigenvalue weighted by Gasteiger charge is -2.53. The van der Waals surface area contributed by atoms with Crippen molar-refractivity contribution in [3.8, 4) is 0 Å². The van der Waals surface area contributed by atoms with Gasteiger partial charge in [0.05, 0.1) is 48.0 Å². The van der Waals surface area contributed by atoms with Crippen LogP contribution in [-0.4, -0.2) is 167 Å². The predicted molar refractivity (Wildman–Crippen MR) is 225 cm³/mol. The van der Waals surface area contributed by atoms with Crippen molar-refractivity contribution >= 4 is 12.0 Å². The van der Waals surface area contributed by atoms with Crippen LogP contribution in [-0.2, 0) is 38.0 Å². The van der Waals surface area contributed by atoms with Gasteiger partial charge in [-0.05, 0) is 106 Å². The van der Waals surface area contributed by atoms with E-state index in [9.17, 15) is 25.2 Å². The first-order valence-corrected chi connectivity index (χ1v) is 22.7. The third-order valence-electron chi connectivity index (χ3n) is 14.2. The average Bonchev–Trinajstić information content (AvgIpc) is 3.96. The molecule has 0 amide bonds. The number of hydrogen-bond donors (Lipinski definition) is 6. The summed E-state index contributed by atoms with van der Waals surface area (Å²) < 4.78 is 45.7. The highest BCUT2D eigenvalue weighted by molar-refractivity contribution is 5.77. The second-order valence-electron chi connectivity index (χ2n) is 19.6. The lowest BCUT2D eigenvalue weighted by molar-refractivity contribution is -0.335. The van der Waals surface area contributed by atoms with Gasteiger partial charge in [-0.25, -0.2) is 4.99 Å². The Hall–Kier alpha value is -1.70. The van der Waals surface area contributed by atoms with Crippen LogP contribution in [0.5, 0.6) is 0 Å². The van der Waals surface area contributed by atoms with E-state index >= 15 is 0 Å². The number of nitrogens with zero attached hydrogens (tertiary/aromatic N) is 2. The van der Waals surface area contributed by atoms with Crippen LogP contribution in [0, 0.1) is 17.8 Å². The van der Waals surface area contributed by atoms with Gasteiger partial charge in [-0.15, -0.1) is 0 Å². The normalized spacial score (nSPS) is 48.2. The minimum atomic E-state index is -1.81. The molecular formula is C44H80N4O12. The number of rotatable bonds is 11. The van der Waals surface area contributed by atoms with E-state index in [1.807, 2.05) is 34.7 Å². The summed E-state index contributed by atoms with van der Waals surface area (Å²) in [7, 11) is 3.53. The second-order valence-corrected chi connectivity index (χ2v) is 19.6. The van der Waals surface area contributed by atoms with E-state index in [1.165, 1.54) is 6.92 Å². The molecule has 1 saturated carbocycles. The summed E-state index contributed by atoms with van der Waals surface area (Å²) in [5.74, 6) is -2.55. The number of ether oxygens (including phenoxy) is 7. The van der Waals surface area contributed by atoms with Crippen molar-refractivity contribution in [1.29, 1.82) is 0 Å². The minimum Gasteiger partial charge on any atom is -0.459 e. The molecule has 0 spiro atoms. The average molecular weight is 857 g/mol. The van der Waals surface area contributed by atoms with Crippen LogP contribution >= 0.6 is 0 Å². The van der Waals surface area contributed by atoms with Crippen molar-refractivity contribution in [1.82, 2.24) is 15.5 Å². The van der Waals surface area contributed by atoms with E-state index in [-0.39, 0.29) is 49.9 Å². The van der Waals surface area contributed by atoms with Crippen molar-refractivity contribution in [3.05, 3.63) is 0 Å². The number of aliphatic hydroxyl groups excluding tert-OH is 1. The summed E-state index contributed by atoms with van der Waals surface area (Å²) in [4.78, 5) is 21.4. The Labute approximate surface area is 358 Å². The lowest BCUT2D eigenvalue weighted by atomic mass is 9.75. The molecule has 60 heavy (non-hydrogen) atoms. The van der Waals surface area contributed by atoms with Gasteiger partial charge in [0.25, 0.3) is 6.02 Å². The van der Waals surface area contributed by atoms with Crippen molar-refractivity contribution in [3.63, 3.8) is 0 Å². The molecule has 0 radical (unpaired) electrons. The van der Waals surface area contributed by atoms with Crippen molar-refractivity contribution < 1.29 is 58.4 Å². The Kier molecular flexibility index (Phi) is 16.1. The Morgan fingerprint density at radius 2 is 1.67 bits per heavy atom. The number of nitrogens with one attached hydrogen (secondary N) is 2. The highest BCUT2D eigenvalue weighted by Gasteiger charge is 2.59. The zero-order valence-corrected chi connectivity index (χ0v) is 38.7. The number of aliphatic imine (C=N–C) groups is 1. The maximum atomic E-state index is 14.5. The molecule has 1 aliphatic carbocycles. The molecule has 18 atom stereocenters. The van der Waals surface area contributed by atoms with Crippen LogP contribution in [0.1, 0.15) is 121 Å². The zero-order valence-electron chi connectivity index (χ0n) is 38.7. The van der Waals surface area contributed by atoms with Crippen LogP contribution in [0.25, 0.3) is 0 Å². The van der Waals surface area contributed by atoms with Gasteiger partial charge in [0, 0.05) is 39.1 Å². The monoisotopic (exact) mass is 857 g/mol. The first kappa shape index (κ1) is 49.3. The molecule has 5 fully saturated rings. The van der Waals surface area contributed by atoms with Gasteiger partial charge in [-0.2, -0.15) is 0 Å². The molecule has 16 heteroatoms. The molecule has 0 unspecified atom stereocenters. The first-order chi connectivity index (χ1) is 28.0. The molecule has 6 N–H and O–H groups in total. The first-order valence-electron chi connectivity index (χ1n) is 22.7. The number of methoxy groups -OCH3 is 1. The van der Waals surface area contributed by atoms with Gasteiger partial charge in [-0.3, -0.25) is 4.79 Å². The fourth-order valence-corrected chi connectivity index (χ4v) is 10.0. The zero-order chi connectivity index (χ0) is 44.5. The molecule has 0 bridgehead atoms. The number of fused-ring (bicyclic) bond motifs is 1. The Morgan fingerprint density at radius 1 is 0.983 bits per heavy atom. The summed E-state index contributed by atoms with van der Waals surface area (Å²) in [6.07, 6.45) is -3.53. The smallest absolute Gasteiger partial charge is 0.311 e. The van der Waals surface area contributed by atoms with Crippen LogP contribution < -0.4 is 10.6 Å². The summed E-state index contributed by atoms with van der Waals surface area (Å²) in [5, 5.41) is 54.7. The van der Waals surface area contributed by atoms with Crippen LogP contribution in [0.4, 0.5) is 0 Å². The SMILES string of the molecule is CCCNC[C@]1(O)[C@H](C)O[C@@H](O[C@H]2[C@H](C)[C@@H](O[C@@H]3O[C@H](C)C[C@H]4[C@H]3O/C(=N\C3CC3)N4C)[C@](C)(O)C[C@@H](C)CN[C@H](C)[C@@H](O)[C@](C)(O)[C@@H](CC)OC(=O)[C@@H]2C)C[C@@]1(C)OC. The number of hydrogen-bond acceptors (Lipinski definition) is 15. The van der Waals surface area contributed by atoms with E-state index in [1.54, 1.807) is 41.7 Å². The Morgan fingerprint density at radius 3 is 2.28 bits per heavy atom. The standard InChI is InChI=1S/C44H80N4O12/c1-14-18-45-23-44(53)29(8)56-33(21-42(44,10)54-13)58-34-26(5)37(60-39-35-31(19-25(4)55-39)48(12)40(59-35)47-30-16-17-30)41(9,51)20-24(3)22-46-28(7)36(49)43(11,52)32(15-2)57-38(50)27(34)6/h24-37,39,45-46,49,51-53H,14-23H2,1-13H3/b47-40-/t24-,25-,26+,27-,28-,29+,31+,32-,33+,34+,35-,36-,37-,39+,41-,42-,43-,44+/m1/s1. The van der Waals surface area contributed by atoms with Gasteiger partial charge < -0.3 is 69.1 Å². The summed E-state index contributed by atoms with van der Waals surface area (Å²) >= 11 is 0. The minimum absolute atomic E-state index is 0.0797. The largest absolute Gasteiger partial charge is 0.459 e. The maximum absolute atomic E-state index is 14.5. The lowest BCUT2D eigenvalue weighted by Crippen LogP contribution is -2.70. The number of amidine groups is 1. The Balaban J connectivity index is 1.56. The molecule has 0 aromatic rings. The van der Waals surface area contributed by atoms with Crippen LogP contribution in [0.3, 0.4) is 0 Å². The van der Waals surface area contributed by atoms with Gasteiger partial charge in [-0.1, -0.05) is 27.7 Å². The van der Waals surface area contributed by atoms with Crippen LogP contribution in [0.2, 0.25) is 0 Å². The molecule has 4 saturated heterocycles. The molecule has 5 rings (SSSR count). The van der Waals surface area contributed by atoms with Crippen molar-refractivity contribution in [2.45, 2.75) is 217 Å². The van der Waals surface area contributed by atoms with E-state index in [4.69, 9.17) is 38.2 Å². The highest BCUT2D eigenvalue weighted by Crippen LogP contribution is 2.44. The van der Waals surface area contributed by atoms with Crippen molar-refractivity contribution in [2.24, 2.45) is 22.7 Å². The maximum Gasteiger partial charge on any atom is 0.311 e. The van der Waals surface area contributed by atoms with Crippen LogP contribution in [0.15, 0.2) is 4.99 Å². The summed E-state index contributed by atoms with van der Waals surface area (Å²) in [6.45, 7) is 21.3. The van der Waals surface area contributed by atoms with E-state index in [2.05, 4.69) is 22.5 Å². The number of esters is 1. The highest BCUT2D eigenvalue weighted by atomic mass is 16.7. The summed E-state index contributed by atoms with van der Waals surface area (Å²) in [6, 6.07) is 0.138. The molecular weight excluding hydrogens is 776 g/mol. The van der Waals surface area contributed by atoms with E-state index < -0.39 is 95.5 Å². The predicted octanol–water partition coefficient (Wildman–Crippen LogP) is 2.85. The molecule has 5 aliphatic rings. The number of cyclic esters (lactones) is 1. The number of carbonyl (C=O) groups excluding carboxylic acids is 1. The third-order valence-corrected chi connectivity index (χ3v) is 14.2. The van der Waals surface area contributed by atoms with E-state index in [0.29, 0.717) is 25.5 Å². The third kappa shape index (κ3) is 10.5. The molecule has 4 heterocycles. The molecule has 0 aromatic heterocycles. The van der Waals surface area contributed by atoms with Gasteiger partial charge in [0.2, 0.25) is 0 Å². The topological polar surface area (TPSA) is 202 Å². The molecule has 348 valence electrons. The second kappa shape index (κ2) is 19.6. The summed E-state index contributed by atoms with van der Waals surface area (Å²) in [5.41, 5.74) is -5.89.